The van der Waals surface area contributed by atoms with E-state index in [2.05, 4.69) is 14.3 Å². The Morgan fingerprint density at radius 3 is 2.83 bits per heavy atom. The van der Waals surface area contributed by atoms with E-state index < -0.39 is 11.4 Å². The van der Waals surface area contributed by atoms with E-state index >= 15 is 0 Å². The lowest BCUT2D eigenvalue weighted by Crippen LogP contribution is -2.23. The molecular weight excluding hydrogens is 418 g/mol. The molecule has 0 atom stereocenters. The molecule has 0 N–H and O–H groups in total. The van der Waals surface area contributed by atoms with Crippen molar-refractivity contribution in [3.8, 4) is 5.13 Å². The third-order valence-corrected chi connectivity index (χ3v) is 5.10. The Kier molecular flexibility index (Phi) is 6.46. The summed E-state index contributed by atoms with van der Waals surface area (Å²) < 4.78 is 16.0. The molecule has 3 heterocycles. The first-order valence-electron chi connectivity index (χ1n) is 8.81. The first kappa shape index (κ1) is 21.2. The number of ether oxygens (including phenoxy) is 2. The Hall–Kier alpha value is -2.56. The van der Waals surface area contributed by atoms with E-state index in [1.165, 1.54) is 6.20 Å². The van der Waals surface area contributed by atoms with Gasteiger partial charge in [0, 0.05) is 38.4 Å². The Bertz CT molecular complexity index is 1110. The van der Waals surface area contributed by atoms with Crippen LogP contribution in [0, 0.1) is 6.92 Å². The molecule has 11 heteroatoms. The van der Waals surface area contributed by atoms with Gasteiger partial charge in [-0.15, -0.1) is 0 Å². The molecule has 0 unspecified atom stereocenters. The lowest BCUT2D eigenvalue weighted by Gasteiger charge is -2.14. The van der Waals surface area contributed by atoms with Gasteiger partial charge in [0.05, 0.1) is 18.6 Å². The molecule has 0 saturated carbocycles. The molecule has 0 aliphatic rings. The number of aromatic nitrogens is 4. The normalized spacial score (nSPS) is 11.1. The van der Waals surface area contributed by atoms with Crippen molar-refractivity contribution in [2.24, 2.45) is 0 Å². The molecule has 29 heavy (non-hydrogen) atoms. The van der Waals surface area contributed by atoms with Crippen LogP contribution in [-0.2, 0) is 9.47 Å². The Morgan fingerprint density at radius 2 is 2.14 bits per heavy atom. The number of anilines is 1. The fraction of sp³-hybridized carbons (Fsp3) is 0.389. The molecule has 0 radical (unpaired) electrons. The highest BCUT2D eigenvalue weighted by Gasteiger charge is 2.21. The molecule has 0 bridgehead atoms. The van der Waals surface area contributed by atoms with E-state index in [1.807, 2.05) is 11.9 Å². The topological polar surface area (TPSA) is 99.4 Å². The van der Waals surface area contributed by atoms with Crippen LogP contribution in [0.25, 0.3) is 16.2 Å². The van der Waals surface area contributed by atoms with Crippen LogP contribution in [0.3, 0.4) is 0 Å². The van der Waals surface area contributed by atoms with Crippen LogP contribution in [0.15, 0.2) is 17.1 Å². The number of fused-ring (bicyclic) bond motifs is 1. The third kappa shape index (κ3) is 4.24. The number of hydrogen-bond donors (Lipinski definition) is 0. The van der Waals surface area contributed by atoms with Crippen molar-refractivity contribution in [1.82, 2.24) is 18.9 Å². The fourth-order valence-electron chi connectivity index (χ4n) is 2.74. The van der Waals surface area contributed by atoms with Gasteiger partial charge in [0.2, 0.25) is 16.5 Å². The summed E-state index contributed by atoms with van der Waals surface area (Å²) >= 11 is 7.24. The molecule has 0 spiro atoms. The van der Waals surface area contributed by atoms with Gasteiger partial charge in [-0.2, -0.15) is 9.36 Å². The number of carbonyl (C=O) groups is 1. The average molecular weight is 438 g/mol. The van der Waals surface area contributed by atoms with Crippen LogP contribution in [0.5, 0.6) is 0 Å². The van der Waals surface area contributed by atoms with Gasteiger partial charge in [-0.3, -0.25) is 9.36 Å². The summed E-state index contributed by atoms with van der Waals surface area (Å²) in [6.07, 6.45) is 1.38. The summed E-state index contributed by atoms with van der Waals surface area (Å²) in [4.78, 5) is 36.0. The minimum Gasteiger partial charge on any atom is -0.462 e. The zero-order valence-electron chi connectivity index (χ0n) is 16.4. The van der Waals surface area contributed by atoms with Crippen LogP contribution in [0.2, 0.25) is 5.15 Å². The molecule has 0 saturated heterocycles. The average Bonchev–Trinajstić information content (AvgIpc) is 3.16. The lowest BCUT2D eigenvalue weighted by atomic mass is 10.1. The van der Waals surface area contributed by atoms with Gasteiger partial charge >= 0.3 is 5.97 Å². The number of hydrogen-bond acceptors (Lipinski definition) is 9. The molecule has 3 aromatic heterocycles. The van der Waals surface area contributed by atoms with E-state index in [4.69, 9.17) is 21.1 Å². The van der Waals surface area contributed by atoms with Crippen molar-refractivity contribution in [2.45, 2.75) is 13.8 Å². The smallest absolute Gasteiger partial charge is 0.343 e. The first-order chi connectivity index (χ1) is 13.9. The Morgan fingerprint density at radius 1 is 1.38 bits per heavy atom. The predicted molar refractivity (Wildman–Crippen MR) is 112 cm³/mol. The number of pyridine rings is 2. The Labute approximate surface area is 176 Å². The fourth-order valence-corrected chi connectivity index (χ4v) is 3.68. The molecule has 3 aromatic rings. The molecule has 0 aliphatic heterocycles. The van der Waals surface area contributed by atoms with Gasteiger partial charge in [-0.25, -0.2) is 9.78 Å². The number of aryl methyl sites for hydroxylation is 1. The number of likely N-dealkylation sites (N-methyl/N-ethyl adjacent to an activating group) is 1. The highest BCUT2D eigenvalue weighted by atomic mass is 35.5. The molecule has 9 nitrogen and oxygen atoms in total. The number of esters is 1. The van der Waals surface area contributed by atoms with Crippen molar-refractivity contribution in [3.05, 3.63) is 38.8 Å². The molecule has 0 aliphatic carbocycles. The van der Waals surface area contributed by atoms with E-state index in [0.717, 1.165) is 11.5 Å². The van der Waals surface area contributed by atoms with Crippen molar-refractivity contribution >= 4 is 46.1 Å². The molecule has 0 amide bonds. The highest BCUT2D eigenvalue weighted by molar-refractivity contribution is 7.08. The maximum absolute atomic E-state index is 12.9. The molecule has 0 aromatic carbocycles. The summed E-state index contributed by atoms with van der Waals surface area (Å²) in [5, 5.41) is 0.951. The summed E-state index contributed by atoms with van der Waals surface area (Å²) in [6.45, 7) is 4.70. The summed E-state index contributed by atoms with van der Waals surface area (Å²) in [5.41, 5.74) is 0.344. The van der Waals surface area contributed by atoms with E-state index in [0.29, 0.717) is 35.4 Å². The summed E-state index contributed by atoms with van der Waals surface area (Å²) in [5.74, 6) is -0.213. The molecule has 3 rings (SSSR count). The molecule has 0 fully saturated rings. The number of nitrogens with zero attached hydrogens (tertiary/aromatic N) is 5. The largest absolute Gasteiger partial charge is 0.462 e. The second-order valence-corrected chi connectivity index (χ2v) is 7.33. The second kappa shape index (κ2) is 8.85. The number of carbonyl (C=O) groups excluding carboxylic acids is 1. The van der Waals surface area contributed by atoms with Gasteiger partial charge in [-0.1, -0.05) is 11.6 Å². The first-order valence-corrected chi connectivity index (χ1v) is 9.96. The van der Waals surface area contributed by atoms with Crippen LogP contribution in [0.1, 0.15) is 22.8 Å². The number of methoxy groups -OCH3 is 1. The SMILES string of the molecule is CCOC(=O)c1cn(-c2nc(N(C)CCOC)ns2)c2nc(Cl)cc(C)c2c1=O. The molecule has 154 valence electrons. The summed E-state index contributed by atoms with van der Waals surface area (Å²) in [6, 6.07) is 1.58. The quantitative estimate of drug-likeness (QED) is 0.410. The summed E-state index contributed by atoms with van der Waals surface area (Å²) in [7, 11) is 3.46. The minimum absolute atomic E-state index is 0.101. The van der Waals surface area contributed by atoms with Crippen molar-refractivity contribution < 1.29 is 14.3 Å². The zero-order chi connectivity index (χ0) is 21.1. The predicted octanol–water partition coefficient (Wildman–Crippen LogP) is 2.46. The standard InChI is InChI=1S/C18H20ClN5O4S/c1-5-28-16(26)11-9-24(15-13(14(11)25)10(2)8-12(19)20-15)18-21-17(22-29-18)23(3)6-7-27-4/h8-9H,5-7H2,1-4H3. The van der Waals surface area contributed by atoms with E-state index in [9.17, 15) is 9.59 Å². The second-order valence-electron chi connectivity index (χ2n) is 6.21. The van der Waals surface area contributed by atoms with E-state index in [-0.39, 0.29) is 22.7 Å². The van der Waals surface area contributed by atoms with Gasteiger partial charge in [0.15, 0.2) is 5.65 Å². The number of rotatable bonds is 7. The van der Waals surface area contributed by atoms with Crippen LogP contribution in [-0.4, -0.2) is 58.8 Å². The zero-order valence-corrected chi connectivity index (χ0v) is 18.0. The van der Waals surface area contributed by atoms with Crippen molar-refractivity contribution in [3.63, 3.8) is 0 Å². The monoisotopic (exact) mass is 437 g/mol. The van der Waals surface area contributed by atoms with Crippen molar-refractivity contribution in [1.29, 1.82) is 0 Å². The van der Waals surface area contributed by atoms with E-state index in [1.54, 1.807) is 31.6 Å². The minimum atomic E-state index is -0.704. The number of halogens is 1. The van der Waals surface area contributed by atoms with Crippen LogP contribution < -0.4 is 10.3 Å². The van der Waals surface area contributed by atoms with Crippen molar-refractivity contribution in [2.75, 3.05) is 38.8 Å². The maximum atomic E-state index is 12.9. The Balaban J connectivity index is 2.21. The van der Waals surface area contributed by atoms with Gasteiger partial charge < -0.3 is 14.4 Å². The van der Waals surface area contributed by atoms with Gasteiger partial charge in [0.1, 0.15) is 10.7 Å². The van der Waals surface area contributed by atoms with Gasteiger partial charge in [0.25, 0.3) is 0 Å². The third-order valence-electron chi connectivity index (χ3n) is 4.20. The molecular formula is C18H20ClN5O4S. The maximum Gasteiger partial charge on any atom is 0.343 e. The highest BCUT2D eigenvalue weighted by Crippen LogP contribution is 2.24. The van der Waals surface area contributed by atoms with Crippen LogP contribution in [0.4, 0.5) is 5.95 Å². The van der Waals surface area contributed by atoms with Gasteiger partial charge in [-0.05, 0) is 25.5 Å². The van der Waals surface area contributed by atoms with Crippen LogP contribution >= 0.6 is 23.1 Å². The lowest BCUT2D eigenvalue weighted by molar-refractivity contribution is 0.0524.